The molecule has 0 aromatic carbocycles. The first-order valence-electron chi connectivity index (χ1n) is 7.12. The summed E-state index contributed by atoms with van der Waals surface area (Å²) in [6.07, 6.45) is 4.93. The summed E-state index contributed by atoms with van der Waals surface area (Å²) in [6.45, 7) is 0.00181. The predicted molar refractivity (Wildman–Crippen MR) is 91.0 cm³/mol. The minimum atomic E-state index is -3.88. The van der Waals surface area contributed by atoms with Crippen LogP contribution in [0.1, 0.15) is 15.2 Å². The summed E-state index contributed by atoms with van der Waals surface area (Å²) >= 11 is 1.01. The predicted octanol–water partition coefficient (Wildman–Crippen LogP) is 1.59. The molecular formula is C15H14N4O4S2. The smallest absolute Gasteiger partial charge is 0.349 e. The number of aromatic nitrogens is 3. The molecule has 0 aliphatic carbocycles. The van der Waals surface area contributed by atoms with Crippen molar-refractivity contribution in [1.82, 2.24) is 19.5 Å². The van der Waals surface area contributed by atoms with Crippen molar-refractivity contribution >= 4 is 27.3 Å². The quantitative estimate of drug-likeness (QED) is 0.654. The average molecular weight is 378 g/mol. The van der Waals surface area contributed by atoms with Crippen LogP contribution in [0.3, 0.4) is 0 Å². The lowest BCUT2D eigenvalue weighted by Crippen LogP contribution is -2.25. The summed E-state index contributed by atoms with van der Waals surface area (Å²) in [5.74, 6) is -0.164. The molecule has 1 N–H and O–H groups in total. The Morgan fingerprint density at radius 2 is 2.16 bits per heavy atom. The van der Waals surface area contributed by atoms with Crippen molar-refractivity contribution < 1.29 is 17.9 Å². The van der Waals surface area contributed by atoms with Gasteiger partial charge in [0.05, 0.1) is 7.11 Å². The fourth-order valence-corrected chi connectivity index (χ4v) is 4.51. The van der Waals surface area contributed by atoms with Gasteiger partial charge in [0.15, 0.2) is 5.82 Å². The van der Waals surface area contributed by atoms with Gasteiger partial charge in [-0.05, 0) is 23.6 Å². The Bertz CT molecular complexity index is 981. The molecule has 0 amide bonds. The second kappa shape index (κ2) is 7.13. The molecule has 0 atom stereocenters. The highest BCUT2D eigenvalue weighted by molar-refractivity contribution is 7.89. The Morgan fingerprint density at radius 1 is 1.32 bits per heavy atom. The van der Waals surface area contributed by atoms with Crippen molar-refractivity contribution in [2.75, 3.05) is 7.11 Å². The van der Waals surface area contributed by atoms with Crippen LogP contribution >= 0.6 is 11.3 Å². The monoisotopic (exact) mass is 378 g/mol. The second-order valence-electron chi connectivity index (χ2n) is 4.87. The van der Waals surface area contributed by atoms with E-state index in [-0.39, 0.29) is 16.3 Å². The average Bonchev–Trinajstić information content (AvgIpc) is 3.31. The summed E-state index contributed by atoms with van der Waals surface area (Å²) in [6, 6.07) is 6.58. The van der Waals surface area contributed by atoms with Gasteiger partial charge in [-0.3, -0.25) is 0 Å². The van der Waals surface area contributed by atoms with E-state index in [1.807, 2.05) is 0 Å². The second-order valence-corrected chi connectivity index (χ2v) is 7.52. The maximum atomic E-state index is 12.6. The zero-order valence-corrected chi connectivity index (χ0v) is 14.8. The number of thiophene rings is 1. The van der Waals surface area contributed by atoms with Gasteiger partial charge in [-0.1, -0.05) is 6.07 Å². The van der Waals surface area contributed by atoms with Gasteiger partial charge in [0.2, 0.25) is 10.0 Å². The highest BCUT2D eigenvalue weighted by atomic mass is 32.2. The summed E-state index contributed by atoms with van der Waals surface area (Å²) in [4.78, 5) is 15.9. The molecule has 3 aromatic rings. The summed E-state index contributed by atoms with van der Waals surface area (Å²) in [5.41, 5.74) is 0.643. The highest BCUT2D eigenvalue weighted by Gasteiger charge is 2.24. The number of hydrogen-bond acceptors (Lipinski definition) is 7. The number of carbonyl (C=O) groups is 1. The van der Waals surface area contributed by atoms with E-state index >= 15 is 0 Å². The number of hydrogen-bond donors (Lipinski definition) is 1. The third-order valence-electron chi connectivity index (χ3n) is 3.33. The van der Waals surface area contributed by atoms with Gasteiger partial charge >= 0.3 is 5.97 Å². The van der Waals surface area contributed by atoms with Gasteiger partial charge in [-0.15, -0.1) is 11.3 Å². The van der Waals surface area contributed by atoms with E-state index in [0.29, 0.717) is 11.4 Å². The third kappa shape index (κ3) is 3.60. The number of carbonyl (C=O) groups excluding carboxylic acids is 1. The van der Waals surface area contributed by atoms with Gasteiger partial charge in [0, 0.05) is 30.7 Å². The molecule has 0 aliphatic heterocycles. The molecular weight excluding hydrogens is 364 g/mol. The molecule has 130 valence electrons. The van der Waals surface area contributed by atoms with Crippen molar-refractivity contribution in [2.24, 2.45) is 0 Å². The molecule has 0 fully saturated rings. The zero-order chi connectivity index (χ0) is 17.9. The fraction of sp³-hybridized carbons (Fsp3) is 0.133. The molecule has 0 aliphatic rings. The number of rotatable bonds is 6. The first kappa shape index (κ1) is 17.3. The number of pyridine rings is 1. The van der Waals surface area contributed by atoms with Crippen molar-refractivity contribution in [3.63, 3.8) is 0 Å². The van der Waals surface area contributed by atoms with Crippen LogP contribution in [0.15, 0.2) is 53.1 Å². The maximum Gasteiger partial charge on any atom is 0.349 e. The number of esters is 1. The highest BCUT2D eigenvalue weighted by Crippen LogP contribution is 2.23. The lowest BCUT2D eigenvalue weighted by molar-refractivity contribution is 0.0602. The molecule has 3 heterocycles. The largest absolute Gasteiger partial charge is 0.465 e. The Labute approximate surface area is 148 Å². The Hall–Kier alpha value is -2.56. The first-order chi connectivity index (χ1) is 12.0. The molecule has 3 rings (SSSR count). The van der Waals surface area contributed by atoms with Crippen LogP contribution in [0.4, 0.5) is 0 Å². The van der Waals surface area contributed by atoms with Gasteiger partial charge in [0.25, 0.3) is 0 Å². The van der Waals surface area contributed by atoms with Gasteiger partial charge in [-0.2, -0.15) is 5.10 Å². The molecule has 25 heavy (non-hydrogen) atoms. The van der Waals surface area contributed by atoms with Crippen molar-refractivity contribution in [1.29, 1.82) is 0 Å². The van der Waals surface area contributed by atoms with Crippen LogP contribution in [0.2, 0.25) is 0 Å². The molecule has 0 radical (unpaired) electrons. The van der Waals surface area contributed by atoms with Crippen LogP contribution < -0.4 is 4.72 Å². The van der Waals surface area contributed by atoms with E-state index in [1.54, 1.807) is 41.5 Å². The van der Waals surface area contributed by atoms with Gasteiger partial charge < -0.3 is 4.74 Å². The maximum absolute atomic E-state index is 12.6. The summed E-state index contributed by atoms with van der Waals surface area (Å²) < 4.78 is 33.8. The Morgan fingerprint density at radius 3 is 2.88 bits per heavy atom. The van der Waals surface area contributed by atoms with Gasteiger partial charge in [0.1, 0.15) is 9.77 Å². The fourth-order valence-electron chi connectivity index (χ4n) is 2.17. The van der Waals surface area contributed by atoms with Crippen LogP contribution in [0, 0.1) is 0 Å². The third-order valence-corrected chi connectivity index (χ3v) is 5.80. The van der Waals surface area contributed by atoms with E-state index in [1.165, 1.54) is 18.6 Å². The van der Waals surface area contributed by atoms with E-state index in [0.717, 1.165) is 11.3 Å². The van der Waals surface area contributed by atoms with Crippen molar-refractivity contribution in [2.45, 2.75) is 11.4 Å². The molecule has 3 aromatic heterocycles. The van der Waals surface area contributed by atoms with Crippen molar-refractivity contribution in [3.05, 3.63) is 58.7 Å². The number of ether oxygens (including phenoxy) is 1. The molecule has 0 saturated heterocycles. The van der Waals surface area contributed by atoms with E-state index in [9.17, 15) is 13.2 Å². The van der Waals surface area contributed by atoms with E-state index in [2.05, 4.69) is 19.5 Å². The first-order valence-corrected chi connectivity index (χ1v) is 9.48. The molecule has 8 nitrogen and oxygen atoms in total. The molecule has 0 saturated carbocycles. The van der Waals surface area contributed by atoms with E-state index < -0.39 is 16.0 Å². The molecule has 0 unspecified atom stereocenters. The topological polar surface area (TPSA) is 103 Å². The minimum Gasteiger partial charge on any atom is -0.465 e. The molecule has 10 heteroatoms. The number of nitrogens with one attached hydrogen (secondary N) is 1. The minimum absolute atomic E-state index is 0.00181. The number of sulfonamides is 1. The summed E-state index contributed by atoms with van der Waals surface area (Å²) in [5, 5.41) is 5.64. The van der Waals surface area contributed by atoms with E-state index in [4.69, 9.17) is 0 Å². The molecule has 0 spiro atoms. The molecule has 0 bridgehead atoms. The van der Waals surface area contributed by atoms with Gasteiger partial charge in [-0.25, -0.2) is 27.6 Å². The lowest BCUT2D eigenvalue weighted by atomic mass is 10.2. The number of methoxy groups -OCH3 is 1. The standard InChI is InChI=1S/C15H14N4O4S2/c1-23-15(20)13-12(5-9-24-13)25(21,22)18-10-11-4-2-6-16-14(11)19-8-3-7-17-19/h2-9,18H,10H2,1H3. The zero-order valence-electron chi connectivity index (χ0n) is 13.1. The Balaban J connectivity index is 1.85. The summed E-state index contributed by atoms with van der Waals surface area (Å²) in [7, 11) is -2.68. The van der Waals surface area contributed by atoms with Crippen LogP contribution in [0.25, 0.3) is 5.82 Å². The van der Waals surface area contributed by atoms with Crippen LogP contribution in [-0.2, 0) is 21.3 Å². The Kier molecular flexibility index (Phi) is 4.93. The number of nitrogens with zero attached hydrogens (tertiary/aromatic N) is 3. The SMILES string of the molecule is COC(=O)c1sccc1S(=O)(=O)NCc1cccnc1-n1cccn1. The van der Waals surface area contributed by atoms with Crippen molar-refractivity contribution in [3.8, 4) is 5.82 Å². The lowest BCUT2D eigenvalue weighted by Gasteiger charge is -2.10. The van der Waals surface area contributed by atoms with Crippen LogP contribution in [-0.4, -0.2) is 36.3 Å². The normalized spacial score (nSPS) is 11.4. The van der Waals surface area contributed by atoms with Crippen LogP contribution in [0.5, 0.6) is 0 Å².